The molecular formula is C16H19NO2. The summed E-state index contributed by atoms with van der Waals surface area (Å²) in [6, 6.07) is 8.60. The van der Waals surface area contributed by atoms with Gasteiger partial charge in [0.05, 0.1) is 25.1 Å². The number of hydrogen-bond acceptors (Lipinski definition) is 3. The highest BCUT2D eigenvalue weighted by molar-refractivity contribution is 5.59. The molecule has 3 rings (SSSR count). The van der Waals surface area contributed by atoms with Crippen molar-refractivity contribution in [1.82, 2.24) is 0 Å². The predicted molar refractivity (Wildman–Crippen MR) is 75.7 cm³/mol. The summed E-state index contributed by atoms with van der Waals surface area (Å²) in [5.74, 6) is 2.01. The summed E-state index contributed by atoms with van der Waals surface area (Å²) in [6.45, 7) is 2.09. The first-order valence-electron chi connectivity index (χ1n) is 6.75. The molecule has 3 heteroatoms. The Kier molecular flexibility index (Phi) is 3.20. The molecule has 0 bridgehead atoms. The molecule has 1 heterocycles. The van der Waals surface area contributed by atoms with Crippen LogP contribution in [0, 0.1) is 6.92 Å². The molecule has 0 radical (unpaired) electrons. The molecule has 0 saturated heterocycles. The first-order chi connectivity index (χ1) is 9.28. The van der Waals surface area contributed by atoms with E-state index in [1.165, 1.54) is 11.1 Å². The monoisotopic (exact) mass is 257 g/mol. The van der Waals surface area contributed by atoms with E-state index in [1.54, 1.807) is 13.4 Å². The zero-order valence-corrected chi connectivity index (χ0v) is 11.4. The van der Waals surface area contributed by atoms with E-state index in [9.17, 15) is 0 Å². The van der Waals surface area contributed by atoms with E-state index < -0.39 is 0 Å². The number of anilines is 1. The number of hydrogen-bond donors (Lipinski definition) is 1. The van der Waals surface area contributed by atoms with Gasteiger partial charge in [-0.05, 0) is 43.5 Å². The summed E-state index contributed by atoms with van der Waals surface area (Å²) in [7, 11) is 1.71. The lowest BCUT2D eigenvalue weighted by Crippen LogP contribution is -2.16. The fourth-order valence-electron chi connectivity index (χ4n) is 2.76. The van der Waals surface area contributed by atoms with Gasteiger partial charge in [-0.15, -0.1) is 0 Å². The molecule has 1 aliphatic rings. The Bertz CT molecular complexity index is 574. The second kappa shape index (κ2) is 5.00. The Balaban J connectivity index is 1.89. The van der Waals surface area contributed by atoms with Crippen LogP contribution in [0.3, 0.4) is 0 Å². The largest absolute Gasteiger partial charge is 0.495 e. The van der Waals surface area contributed by atoms with Crippen molar-refractivity contribution in [3.8, 4) is 5.75 Å². The van der Waals surface area contributed by atoms with E-state index in [1.807, 2.05) is 6.07 Å². The Morgan fingerprint density at radius 3 is 3.05 bits per heavy atom. The van der Waals surface area contributed by atoms with E-state index in [-0.39, 0.29) is 0 Å². The van der Waals surface area contributed by atoms with Gasteiger partial charge in [0, 0.05) is 12.0 Å². The maximum atomic E-state index is 5.53. The highest BCUT2D eigenvalue weighted by atomic mass is 16.5. The smallest absolute Gasteiger partial charge is 0.141 e. The van der Waals surface area contributed by atoms with Gasteiger partial charge in [0.25, 0.3) is 0 Å². The number of ether oxygens (including phenoxy) is 1. The molecule has 1 unspecified atom stereocenters. The van der Waals surface area contributed by atoms with Gasteiger partial charge in [-0.25, -0.2) is 0 Å². The molecule has 0 aliphatic heterocycles. The normalized spacial score (nSPS) is 17.9. The fourth-order valence-corrected chi connectivity index (χ4v) is 2.76. The maximum Gasteiger partial charge on any atom is 0.141 e. The third-order valence-electron chi connectivity index (χ3n) is 3.74. The van der Waals surface area contributed by atoms with Crippen LogP contribution in [0.15, 0.2) is 34.9 Å². The summed E-state index contributed by atoms with van der Waals surface area (Å²) in [5, 5.41) is 3.60. The van der Waals surface area contributed by atoms with Gasteiger partial charge >= 0.3 is 0 Å². The van der Waals surface area contributed by atoms with Crippen LogP contribution in [0.1, 0.15) is 35.8 Å². The third kappa shape index (κ3) is 2.33. The Hall–Kier alpha value is -1.90. The van der Waals surface area contributed by atoms with Crippen molar-refractivity contribution >= 4 is 5.69 Å². The molecule has 1 aromatic heterocycles. The van der Waals surface area contributed by atoms with Crippen molar-refractivity contribution in [2.45, 2.75) is 32.2 Å². The van der Waals surface area contributed by atoms with E-state index >= 15 is 0 Å². The minimum Gasteiger partial charge on any atom is -0.495 e. The molecule has 3 nitrogen and oxygen atoms in total. The average molecular weight is 257 g/mol. The molecule has 19 heavy (non-hydrogen) atoms. The molecule has 1 atom stereocenters. The number of benzene rings is 1. The molecule has 0 amide bonds. The quantitative estimate of drug-likeness (QED) is 0.899. The third-order valence-corrected chi connectivity index (χ3v) is 3.74. The van der Waals surface area contributed by atoms with Crippen molar-refractivity contribution in [3.05, 3.63) is 47.4 Å². The van der Waals surface area contributed by atoms with Crippen molar-refractivity contribution in [3.63, 3.8) is 0 Å². The fraction of sp³-hybridized carbons (Fsp3) is 0.375. The average Bonchev–Trinajstić information content (AvgIpc) is 2.88. The molecule has 0 fully saturated rings. The molecule has 0 spiro atoms. The number of aryl methyl sites for hydroxylation is 2. The van der Waals surface area contributed by atoms with Crippen molar-refractivity contribution in [2.75, 3.05) is 12.4 Å². The lowest BCUT2D eigenvalue weighted by molar-refractivity contribution is 0.414. The molecule has 2 aromatic rings. The highest BCUT2D eigenvalue weighted by Crippen LogP contribution is 2.36. The summed E-state index contributed by atoms with van der Waals surface area (Å²) < 4.78 is 11.0. The van der Waals surface area contributed by atoms with Crippen LogP contribution in [0.4, 0.5) is 5.69 Å². The van der Waals surface area contributed by atoms with Gasteiger partial charge in [-0.2, -0.15) is 0 Å². The van der Waals surface area contributed by atoms with Gasteiger partial charge in [-0.3, -0.25) is 0 Å². The Labute approximate surface area is 113 Å². The van der Waals surface area contributed by atoms with E-state index in [2.05, 4.69) is 30.4 Å². The van der Waals surface area contributed by atoms with Crippen LogP contribution >= 0.6 is 0 Å². The number of nitrogens with one attached hydrogen (secondary N) is 1. The van der Waals surface area contributed by atoms with Crippen LogP contribution in [0.25, 0.3) is 0 Å². The van der Waals surface area contributed by atoms with Crippen LogP contribution in [0.5, 0.6) is 5.75 Å². The van der Waals surface area contributed by atoms with E-state index in [4.69, 9.17) is 9.15 Å². The maximum absolute atomic E-state index is 5.53. The minimum atomic E-state index is 0.318. The highest BCUT2D eigenvalue weighted by Gasteiger charge is 2.23. The van der Waals surface area contributed by atoms with Crippen LogP contribution in [-0.4, -0.2) is 7.11 Å². The van der Waals surface area contributed by atoms with Gasteiger partial charge in [0.2, 0.25) is 0 Å². The lowest BCUT2D eigenvalue weighted by atomic mass is 9.93. The Morgan fingerprint density at radius 2 is 2.21 bits per heavy atom. The molecule has 1 aliphatic carbocycles. The SMILES string of the molecule is COc1ccc(C)cc1NC1CCCc2occc21. The molecular weight excluding hydrogens is 238 g/mol. The molecule has 0 saturated carbocycles. The van der Waals surface area contributed by atoms with E-state index in [0.29, 0.717) is 6.04 Å². The predicted octanol–water partition coefficient (Wildman–Crippen LogP) is 4.09. The van der Waals surface area contributed by atoms with Gasteiger partial charge in [0.1, 0.15) is 11.5 Å². The zero-order chi connectivity index (χ0) is 13.2. The molecule has 1 N–H and O–H groups in total. The summed E-state index contributed by atoms with van der Waals surface area (Å²) in [5.41, 5.74) is 3.57. The second-order valence-electron chi connectivity index (χ2n) is 5.09. The van der Waals surface area contributed by atoms with Gasteiger partial charge in [0.15, 0.2) is 0 Å². The topological polar surface area (TPSA) is 34.4 Å². The zero-order valence-electron chi connectivity index (χ0n) is 11.4. The van der Waals surface area contributed by atoms with Gasteiger partial charge in [-0.1, -0.05) is 6.07 Å². The first kappa shape index (κ1) is 12.2. The summed E-state index contributed by atoms with van der Waals surface area (Å²) in [6.07, 6.45) is 5.12. The van der Waals surface area contributed by atoms with Gasteiger partial charge < -0.3 is 14.5 Å². The molecule has 100 valence electrons. The minimum absolute atomic E-state index is 0.318. The lowest BCUT2D eigenvalue weighted by Gasteiger charge is -2.25. The Morgan fingerprint density at radius 1 is 1.32 bits per heavy atom. The molecule has 1 aromatic carbocycles. The number of rotatable bonds is 3. The first-order valence-corrected chi connectivity index (χ1v) is 6.75. The summed E-state index contributed by atoms with van der Waals surface area (Å²) in [4.78, 5) is 0. The standard InChI is InChI=1S/C16H19NO2/c1-11-6-7-16(18-2)14(10-11)17-13-4-3-5-15-12(13)8-9-19-15/h6-10,13,17H,3-5H2,1-2H3. The van der Waals surface area contributed by atoms with Crippen molar-refractivity contribution < 1.29 is 9.15 Å². The van der Waals surface area contributed by atoms with Crippen LogP contribution in [0.2, 0.25) is 0 Å². The van der Waals surface area contributed by atoms with Crippen LogP contribution < -0.4 is 10.1 Å². The van der Waals surface area contributed by atoms with E-state index in [0.717, 1.165) is 36.5 Å². The van der Waals surface area contributed by atoms with Crippen molar-refractivity contribution in [1.29, 1.82) is 0 Å². The number of furan rings is 1. The number of fused-ring (bicyclic) bond motifs is 1. The van der Waals surface area contributed by atoms with Crippen molar-refractivity contribution in [2.24, 2.45) is 0 Å². The number of methoxy groups -OCH3 is 1. The summed E-state index contributed by atoms with van der Waals surface area (Å²) >= 11 is 0. The second-order valence-corrected chi connectivity index (χ2v) is 5.09. The van der Waals surface area contributed by atoms with Crippen LogP contribution in [-0.2, 0) is 6.42 Å².